The van der Waals surface area contributed by atoms with Gasteiger partial charge in [-0.15, -0.1) is 0 Å². The molecule has 1 saturated heterocycles. The minimum absolute atomic E-state index is 0.122. The first-order valence-corrected chi connectivity index (χ1v) is 12.0. The molecule has 1 aliphatic heterocycles. The zero-order valence-electron chi connectivity index (χ0n) is 19.4. The fraction of sp³-hybridized carbons (Fsp3) is 0.214. The average Bonchev–Trinajstić information content (AvgIpc) is 3.44. The molecule has 7 nitrogen and oxygen atoms in total. The summed E-state index contributed by atoms with van der Waals surface area (Å²) in [5.41, 5.74) is 5.15. The number of aromatic nitrogens is 4. The van der Waals surface area contributed by atoms with Crippen molar-refractivity contribution < 1.29 is 13.9 Å². The number of hydrogen-bond acceptors (Lipinski definition) is 5. The van der Waals surface area contributed by atoms with Crippen molar-refractivity contribution >= 4 is 22.8 Å². The molecule has 0 bridgehead atoms. The molecule has 2 aromatic carbocycles. The highest BCUT2D eigenvalue weighted by molar-refractivity contribution is 5.80. The Morgan fingerprint density at radius 3 is 2.69 bits per heavy atom. The Hall–Kier alpha value is -4.33. The van der Waals surface area contributed by atoms with Gasteiger partial charge in [-0.05, 0) is 48.2 Å². The molecule has 4 heterocycles. The van der Waals surface area contributed by atoms with Crippen LogP contribution in [0.25, 0.3) is 27.8 Å². The van der Waals surface area contributed by atoms with E-state index >= 15 is 0 Å². The normalized spacial score (nSPS) is 16.6. The van der Waals surface area contributed by atoms with Crippen molar-refractivity contribution in [2.45, 2.75) is 24.8 Å². The number of nitrogens with zero attached hydrogens (tertiary/aromatic N) is 5. The molecule has 178 valence electrons. The number of ether oxygens (including phenoxy) is 1. The summed E-state index contributed by atoms with van der Waals surface area (Å²) in [5.74, 6) is 0.258. The molecule has 2 aliphatic rings. The highest BCUT2D eigenvalue weighted by atomic mass is 19.1. The Morgan fingerprint density at radius 1 is 1.00 bits per heavy atom. The minimum Gasteiger partial charge on any atom is -0.448 e. The van der Waals surface area contributed by atoms with E-state index in [2.05, 4.69) is 39.2 Å². The molecule has 0 radical (unpaired) electrons. The van der Waals surface area contributed by atoms with Crippen LogP contribution in [0.5, 0.6) is 0 Å². The molecular weight excluding hydrogens is 457 g/mol. The maximum Gasteiger partial charge on any atom is 0.410 e. The highest BCUT2D eigenvalue weighted by Gasteiger charge is 2.48. The molecule has 0 N–H and O–H groups in total. The van der Waals surface area contributed by atoms with Gasteiger partial charge >= 0.3 is 6.09 Å². The Labute approximate surface area is 206 Å². The van der Waals surface area contributed by atoms with Crippen molar-refractivity contribution in [2.75, 3.05) is 13.2 Å². The lowest BCUT2D eigenvalue weighted by atomic mass is 9.91. The van der Waals surface area contributed by atoms with Crippen LogP contribution < -0.4 is 0 Å². The minimum atomic E-state index is -0.405. The predicted octanol–water partition coefficient (Wildman–Crippen LogP) is 5.12. The van der Waals surface area contributed by atoms with E-state index < -0.39 is 6.09 Å². The summed E-state index contributed by atoms with van der Waals surface area (Å²) in [6.45, 7) is 1.01. The van der Waals surface area contributed by atoms with Gasteiger partial charge < -0.3 is 9.64 Å². The molecular formula is C28H22FN5O2. The predicted molar refractivity (Wildman–Crippen MR) is 132 cm³/mol. The molecule has 0 spiro atoms. The zero-order chi connectivity index (χ0) is 24.3. The topological polar surface area (TPSA) is 72.6 Å². The van der Waals surface area contributed by atoms with Gasteiger partial charge in [-0.1, -0.05) is 24.3 Å². The van der Waals surface area contributed by atoms with Crippen LogP contribution in [-0.2, 0) is 16.7 Å². The number of benzene rings is 2. The third-order valence-corrected chi connectivity index (χ3v) is 7.35. The van der Waals surface area contributed by atoms with E-state index in [4.69, 9.17) is 4.74 Å². The first-order valence-electron chi connectivity index (χ1n) is 12.0. The van der Waals surface area contributed by atoms with Crippen LogP contribution in [0.2, 0.25) is 0 Å². The van der Waals surface area contributed by atoms with Crippen LogP contribution in [0, 0.1) is 5.82 Å². The molecule has 0 atom stereocenters. The third kappa shape index (κ3) is 3.32. The van der Waals surface area contributed by atoms with Crippen molar-refractivity contribution in [1.82, 2.24) is 24.3 Å². The van der Waals surface area contributed by atoms with E-state index in [1.807, 2.05) is 35.1 Å². The highest BCUT2D eigenvalue weighted by Crippen LogP contribution is 2.53. The maximum absolute atomic E-state index is 15.0. The lowest BCUT2D eigenvalue weighted by Gasteiger charge is -2.17. The molecule has 0 unspecified atom stereocenters. The van der Waals surface area contributed by atoms with Crippen molar-refractivity contribution in [2.24, 2.45) is 0 Å². The average molecular weight is 480 g/mol. The first kappa shape index (κ1) is 21.0. The van der Waals surface area contributed by atoms with Crippen molar-refractivity contribution in [3.63, 3.8) is 0 Å². The summed E-state index contributed by atoms with van der Waals surface area (Å²) in [6, 6.07) is 15.6. The molecule has 5 aromatic rings. The molecule has 2 fully saturated rings. The summed E-state index contributed by atoms with van der Waals surface area (Å²) in [5, 5.41) is 1.12. The monoisotopic (exact) mass is 479 g/mol. The molecule has 1 saturated carbocycles. The Balaban J connectivity index is 1.24. The van der Waals surface area contributed by atoms with Gasteiger partial charge in [0.2, 0.25) is 5.78 Å². The van der Waals surface area contributed by atoms with Crippen LogP contribution in [0.1, 0.15) is 29.7 Å². The van der Waals surface area contributed by atoms with Gasteiger partial charge in [0.25, 0.3) is 0 Å². The van der Waals surface area contributed by atoms with Gasteiger partial charge in [0.1, 0.15) is 12.4 Å². The summed E-state index contributed by atoms with van der Waals surface area (Å²) >= 11 is 0. The number of hydrogen-bond donors (Lipinski definition) is 0. The summed E-state index contributed by atoms with van der Waals surface area (Å²) < 4.78 is 21.9. The van der Waals surface area contributed by atoms with E-state index in [-0.39, 0.29) is 17.8 Å². The lowest BCUT2D eigenvalue weighted by Crippen LogP contribution is -2.24. The van der Waals surface area contributed by atoms with Gasteiger partial charge in [0.05, 0.1) is 30.5 Å². The number of fused-ring (bicyclic) bond motifs is 2. The summed E-state index contributed by atoms with van der Waals surface area (Å²) in [4.78, 5) is 26.8. The van der Waals surface area contributed by atoms with Gasteiger partial charge in [-0.25, -0.2) is 19.2 Å². The fourth-order valence-corrected chi connectivity index (χ4v) is 5.20. The SMILES string of the molecule is O=C1OCCN1Cc1ccc(-c2cnc3ncc(C4(c5ccc6ncccc6c5)CC4)n3c2)cc1F. The van der Waals surface area contributed by atoms with E-state index in [1.54, 1.807) is 12.3 Å². The number of imidazole rings is 1. The van der Waals surface area contributed by atoms with E-state index in [0.29, 0.717) is 24.5 Å². The summed E-state index contributed by atoms with van der Waals surface area (Å²) in [7, 11) is 0. The lowest BCUT2D eigenvalue weighted by molar-refractivity contribution is 0.157. The zero-order valence-corrected chi connectivity index (χ0v) is 19.4. The van der Waals surface area contributed by atoms with E-state index in [1.165, 1.54) is 16.5 Å². The van der Waals surface area contributed by atoms with Gasteiger partial charge in [0.15, 0.2) is 0 Å². The number of rotatable bonds is 5. The molecule has 8 heteroatoms. The molecule has 1 aliphatic carbocycles. The second kappa shape index (κ2) is 7.84. The number of pyridine rings is 1. The Bertz CT molecular complexity index is 1660. The smallest absolute Gasteiger partial charge is 0.410 e. The number of carbonyl (C=O) groups is 1. The molecule has 1 amide bonds. The van der Waals surface area contributed by atoms with Crippen LogP contribution in [0.4, 0.5) is 9.18 Å². The van der Waals surface area contributed by atoms with Crippen LogP contribution in [0.15, 0.2) is 73.3 Å². The fourth-order valence-electron chi connectivity index (χ4n) is 5.20. The Kier molecular flexibility index (Phi) is 4.57. The second-order valence-corrected chi connectivity index (χ2v) is 9.49. The molecule has 3 aromatic heterocycles. The standard InChI is InChI=1S/C28H22FN5O2/c29-23-13-18(3-4-20(23)16-33-10-11-36-27(33)35)21-14-31-26-32-15-25(34(26)17-21)28(7-8-28)22-5-6-24-19(12-22)2-1-9-30-24/h1-6,9,12-15,17H,7-8,10-11,16H2. The van der Waals surface area contributed by atoms with Crippen molar-refractivity contribution in [1.29, 1.82) is 0 Å². The second-order valence-electron chi connectivity index (χ2n) is 9.49. The quantitative estimate of drug-likeness (QED) is 0.350. The number of carbonyl (C=O) groups excluding carboxylic acids is 1. The maximum atomic E-state index is 15.0. The van der Waals surface area contributed by atoms with Gasteiger partial charge in [-0.3, -0.25) is 9.38 Å². The van der Waals surface area contributed by atoms with Crippen molar-refractivity contribution in [3.8, 4) is 11.1 Å². The van der Waals surface area contributed by atoms with Crippen LogP contribution in [-0.4, -0.2) is 43.5 Å². The Morgan fingerprint density at radius 2 is 1.89 bits per heavy atom. The first-order chi connectivity index (χ1) is 17.6. The largest absolute Gasteiger partial charge is 0.448 e. The van der Waals surface area contributed by atoms with Crippen LogP contribution in [0.3, 0.4) is 0 Å². The summed E-state index contributed by atoms with van der Waals surface area (Å²) in [6.07, 6.45) is 9.07. The van der Waals surface area contributed by atoms with Gasteiger partial charge in [0, 0.05) is 40.5 Å². The number of cyclic esters (lactones) is 1. The van der Waals surface area contributed by atoms with Crippen LogP contribution >= 0.6 is 0 Å². The van der Waals surface area contributed by atoms with E-state index in [0.717, 1.165) is 40.6 Å². The van der Waals surface area contributed by atoms with Crippen molar-refractivity contribution in [3.05, 3.63) is 96.0 Å². The number of halogens is 1. The molecule has 36 heavy (non-hydrogen) atoms. The van der Waals surface area contributed by atoms with Gasteiger partial charge in [-0.2, -0.15) is 0 Å². The number of amides is 1. The molecule has 7 rings (SSSR count). The third-order valence-electron chi connectivity index (χ3n) is 7.35. The van der Waals surface area contributed by atoms with E-state index in [9.17, 15) is 9.18 Å².